The first kappa shape index (κ1) is 21.7. The van der Waals surface area contributed by atoms with Gasteiger partial charge in [-0.1, -0.05) is 29.8 Å². The Bertz CT molecular complexity index is 1070. The predicted molar refractivity (Wildman–Crippen MR) is 130 cm³/mol. The summed E-state index contributed by atoms with van der Waals surface area (Å²) in [6, 6.07) is 15.6. The van der Waals surface area contributed by atoms with Crippen molar-refractivity contribution in [3.8, 4) is 0 Å². The molecule has 0 bridgehead atoms. The van der Waals surface area contributed by atoms with E-state index in [9.17, 15) is 14.7 Å². The zero-order chi connectivity index (χ0) is 22.9. The maximum absolute atomic E-state index is 13.7. The molecule has 2 fully saturated rings. The van der Waals surface area contributed by atoms with Crippen molar-refractivity contribution in [2.24, 2.45) is 5.92 Å². The van der Waals surface area contributed by atoms with Crippen LogP contribution in [0.1, 0.15) is 36.8 Å². The Morgan fingerprint density at radius 1 is 0.818 bits per heavy atom. The maximum Gasteiger partial charge on any atom is 0.282 e. The molecule has 0 aliphatic carbocycles. The predicted octanol–water partition coefficient (Wildman–Crippen LogP) is 3.58. The number of aliphatic hydroxyl groups excluding tert-OH is 1. The van der Waals surface area contributed by atoms with Crippen LogP contribution in [-0.4, -0.2) is 54.6 Å². The van der Waals surface area contributed by atoms with E-state index in [1.54, 1.807) is 0 Å². The lowest BCUT2D eigenvalue weighted by Crippen LogP contribution is -2.40. The molecule has 0 radical (unpaired) electrons. The van der Waals surface area contributed by atoms with E-state index in [2.05, 4.69) is 4.90 Å². The molecule has 172 valence electrons. The van der Waals surface area contributed by atoms with Crippen molar-refractivity contribution >= 4 is 28.8 Å². The standard InChI is InChI=1S/C27H31N3O3/c1-19-6-8-21(9-7-19)24-25(29-16-4-5-20(17-29)18-31)27(33)30(26(24)32)23-12-10-22(11-13-23)28-14-2-3-15-28/h6-13,20,31H,2-5,14-18H2,1H3. The minimum atomic E-state index is -0.279. The van der Waals surface area contributed by atoms with Crippen molar-refractivity contribution in [2.45, 2.75) is 32.6 Å². The number of rotatable bonds is 5. The first-order valence-corrected chi connectivity index (χ1v) is 12.0. The van der Waals surface area contributed by atoms with Crippen molar-refractivity contribution in [2.75, 3.05) is 42.6 Å². The summed E-state index contributed by atoms with van der Waals surface area (Å²) in [6.07, 6.45) is 4.22. The highest BCUT2D eigenvalue weighted by Gasteiger charge is 2.43. The van der Waals surface area contributed by atoms with Crippen LogP contribution >= 0.6 is 0 Å². The zero-order valence-electron chi connectivity index (χ0n) is 19.2. The number of imide groups is 1. The van der Waals surface area contributed by atoms with Crippen molar-refractivity contribution in [1.82, 2.24) is 4.90 Å². The molecule has 1 N–H and O–H groups in total. The van der Waals surface area contributed by atoms with Crippen LogP contribution in [0.25, 0.3) is 5.57 Å². The van der Waals surface area contributed by atoms with Crippen LogP contribution in [-0.2, 0) is 9.59 Å². The minimum absolute atomic E-state index is 0.0907. The molecule has 0 saturated carbocycles. The van der Waals surface area contributed by atoms with Gasteiger partial charge in [-0.15, -0.1) is 0 Å². The fourth-order valence-electron chi connectivity index (χ4n) is 5.23. The normalized spacial score (nSPS) is 21.5. The van der Waals surface area contributed by atoms with E-state index in [1.165, 1.54) is 17.7 Å². The number of benzene rings is 2. The molecule has 2 aromatic carbocycles. The molecular weight excluding hydrogens is 414 g/mol. The Hall–Kier alpha value is -3.12. The topological polar surface area (TPSA) is 64.1 Å². The monoisotopic (exact) mass is 445 g/mol. The molecule has 33 heavy (non-hydrogen) atoms. The SMILES string of the molecule is Cc1ccc(C2=C(N3CCCC(CO)C3)C(=O)N(c3ccc(N4CCCC4)cc3)C2=O)cc1. The molecule has 2 aromatic rings. The van der Waals surface area contributed by atoms with Gasteiger partial charge < -0.3 is 14.9 Å². The number of aliphatic hydroxyl groups is 1. The van der Waals surface area contributed by atoms with Gasteiger partial charge in [0.2, 0.25) is 0 Å². The highest BCUT2D eigenvalue weighted by molar-refractivity contribution is 6.45. The van der Waals surface area contributed by atoms with Crippen LogP contribution in [0.4, 0.5) is 11.4 Å². The summed E-state index contributed by atoms with van der Waals surface area (Å²) in [6.45, 7) is 5.49. The molecule has 3 heterocycles. The number of aryl methyl sites for hydroxylation is 1. The fraction of sp³-hybridized carbons (Fsp3) is 0.407. The number of likely N-dealkylation sites (tertiary alicyclic amines) is 1. The van der Waals surface area contributed by atoms with Gasteiger partial charge >= 0.3 is 0 Å². The van der Waals surface area contributed by atoms with Gasteiger partial charge in [0, 0.05) is 38.5 Å². The third-order valence-electron chi connectivity index (χ3n) is 7.07. The van der Waals surface area contributed by atoms with Gasteiger partial charge in [0.25, 0.3) is 11.8 Å². The van der Waals surface area contributed by atoms with Crippen LogP contribution in [0.2, 0.25) is 0 Å². The molecule has 3 aliphatic heterocycles. The van der Waals surface area contributed by atoms with Crippen LogP contribution in [0.5, 0.6) is 0 Å². The molecule has 1 unspecified atom stereocenters. The van der Waals surface area contributed by atoms with E-state index < -0.39 is 0 Å². The van der Waals surface area contributed by atoms with E-state index in [-0.39, 0.29) is 24.3 Å². The molecule has 5 rings (SSSR count). The molecule has 1 atom stereocenters. The summed E-state index contributed by atoms with van der Waals surface area (Å²) in [5, 5.41) is 9.72. The minimum Gasteiger partial charge on any atom is -0.396 e. The van der Waals surface area contributed by atoms with E-state index in [0.717, 1.165) is 42.7 Å². The Morgan fingerprint density at radius 2 is 1.45 bits per heavy atom. The van der Waals surface area contributed by atoms with Crippen LogP contribution in [0, 0.1) is 12.8 Å². The van der Waals surface area contributed by atoms with Crippen LogP contribution in [0.15, 0.2) is 54.2 Å². The Kier molecular flexibility index (Phi) is 5.94. The van der Waals surface area contributed by atoms with Crippen molar-refractivity contribution in [3.05, 3.63) is 65.4 Å². The number of nitrogens with zero attached hydrogens (tertiary/aromatic N) is 3. The molecule has 0 aromatic heterocycles. The summed E-state index contributed by atoms with van der Waals surface area (Å²) in [5.74, 6) is -0.441. The second-order valence-electron chi connectivity index (χ2n) is 9.38. The Labute approximate surface area is 195 Å². The molecule has 0 spiro atoms. The first-order chi connectivity index (χ1) is 16.1. The van der Waals surface area contributed by atoms with Crippen molar-refractivity contribution in [1.29, 1.82) is 0 Å². The lowest BCUT2D eigenvalue weighted by molar-refractivity contribution is -0.120. The molecule has 6 nitrogen and oxygen atoms in total. The van der Waals surface area contributed by atoms with Gasteiger partial charge in [-0.25, -0.2) is 4.90 Å². The van der Waals surface area contributed by atoms with Gasteiger partial charge in [0.05, 0.1) is 11.3 Å². The number of hydrogen-bond donors (Lipinski definition) is 1. The summed E-state index contributed by atoms with van der Waals surface area (Å²) < 4.78 is 0. The average molecular weight is 446 g/mol. The first-order valence-electron chi connectivity index (χ1n) is 12.0. The average Bonchev–Trinajstić information content (AvgIpc) is 3.46. The third-order valence-corrected chi connectivity index (χ3v) is 7.07. The second-order valence-corrected chi connectivity index (χ2v) is 9.38. The van der Waals surface area contributed by atoms with E-state index in [1.807, 2.05) is 60.4 Å². The lowest BCUT2D eigenvalue weighted by Gasteiger charge is -2.34. The fourth-order valence-corrected chi connectivity index (χ4v) is 5.23. The summed E-state index contributed by atoms with van der Waals surface area (Å²) in [7, 11) is 0. The molecule has 2 amide bonds. The van der Waals surface area contributed by atoms with Crippen LogP contribution < -0.4 is 9.80 Å². The number of hydrogen-bond acceptors (Lipinski definition) is 5. The van der Waals surface area contributed by atoms with Crippen molar-refractivity contribution in [3.63, 3.8) is 0 Å². The summed E-state index contributed by atoms with van der Waals surface area (Å²) in [4.78, 5) is 33.1. The molecule has 6 heteroatoms. The van der Waals surface area contributed by atoms with E-state index in [4.69, 9.17) is 0 Å². The summed E-state index contributed by atoms with van der Waals surface area (Å²) >= 11 is 0. The number of carbonyl (C=O) groups is 2. The van der Waals surface area contributed by atoms with Crippen molar-refractivity contribution < 1.29 is 14.7 Å². The Morgan fingerprint density at radius 3 is 2.12 bits per heavy atom. The van der Waals surface area contributed by atoms with Gasteiger partial charge in [0.1, 0.15) is 5.70 Å². The molecular formula is C27H31N3O3. The van der Waals surface area contributed by atoms with Gasteiger partial charge in [-0.05, 0) is 68.4 Å². The molecule has 3 aliphatic rings. The molecule has 2 saturated heterocycles. The van der Waals surface area contributed by atoms with Gasteiger partial charge in [0.15, 0.2) is 0 Å². The highest BCUT2D eigenvalue weighted by Crippen LogP contribution is 2.37. The quantitative estimate of drug-likeness (QED) is 0.713. The second kappa shape index (κ2) is 9.02. The smallest absolute Gasteiger partial charge is 0.282 e. The summed E-state index contributed by atoms with van der Waals surface area (Å²) in [5.41, 5.74) is 4.52. The number of anilines is 2. The largest absolute Gasteiger partial charge is 0.396 e. The number of piperidine rings is 1. The van der Waals surface area contributed by atoms with Gasteiger partial charge in [-0.2, -0.15) is 0 Å². The Balaban J connectivity index is 1.51. The number of amides is 2. The number of carbonyl (C=O) groups excluding carboxylic acids is 2. The highest BCUT2D eigenvalue weighted by atomic mass is 16.3. The lowest BCUT2D eigenvalue weighted by atomic mass is 9.96. The van der Waals surface area contributed by atoms with Crippen LogP contribution in [0.3, 0.4) is 0 Å². The third kappa shape index (κ3) is 4.04. The van der Waals surface area contributed by atoms with Gasteiger partial charge in [-0.3, -0.25) is 9.59 Å². The van der Waals surface area contributed by atoms with E-state index in [0.29, 0.717) is 30.0 Å². The zero-order valence-corrected chi connectivity index (χ0v) is 19.2. The van der Waals surface area contributed by atoms with E-state index >= 15 is 0 Å². The maximum atomic E-state index is 13.7.